The lowest BCUT2D eigenvalue weighted by atomic mass is 10.0. The lowest BCUT2D eigenvalue weighted by molar-refractivity contribution is -0.119. The van der Waals surface area contributed by atoms with E-state index in [1.807, 2.05) is 42.5 Å². The number of nitrogens with zero attached hydrogens (tertiary/aromatic N) is 2. The summed E-state index contributed by atoms with van der Waals surface area (Å²) in [5.41, 5.74) is 3.84. The Balaban J connectivity index is 1.43. The maximum Gasteiger partial charge on any atom is 0.226 e. The van der Waals surface area contributed by atoms with Crippen LogP contribution < -0.4 is 10.6 Å². The van der Waals surface area contributed by atoms with E-state index in [1.54, 1.807) is 0 Å². The molecule has 1 aliphatic rings. The van der Waals surface area contributed by atoms with Gasteiger partial charge in [0.05, 0.1) is 17.1 Å². The van der Waals surface area contributed by atoms with Gasteiger partial charge >= 0.3 is 0 Å². The van der Waals surface area contributed by atoms with Crippen molar-refractivity contribution in [3.05, 3.63) is 59.9 Å². The first-order valence-corrected chi connectivity index (χ1v) is 10.3. The van der Waals surface area contributed by atoms with Gasteiger partial charge in [-0.1, -0.05) is 31.2 Å². The van der Waals surface area contributed by atoms with E-state index in [-0.39, 0.29) is 17.9 Å². The Labute approximate surface area is 170 Å². The van der Waals surface area contributed by atoms with Crippen LogP contribution in [-0.2, 0) is 22.6 Å². The Morgan fingerprint density at radius 3 is 2.90 bits per heavy atom. The number of hydrogen-bond donors (Lipinski definition) is 2. The summed E-state index contributed by atoms with van der Waals surface area (Å²) in [5.74, 6) is 1.08. The minimum Gasteiger partial charge on any atom is -0.349 e. The maximum absolute atomic E-state index is 12.6. The Morgan fingerprint density at radius 1 is 1.24 bits per heavy atom. The van der Waals surface area contributed by atoms with E-state index in [2.05, 4.69) is 28.2 Å². The second-order valence-corrected chi connectivity index (χ2v) is 7.50. The molecule has 1 aromatic heterocycles. The second kappa shape index (κ2) is 8.47. The molecule has 2 amide bonds. The number of benzene rings is 2. The molecule has 150 valence electrons. The van der Waals surface area contributed by atoms with Crippen LogP contribution in [0.5, 0.6) is 0 Å². The van der Waals surface area contributed by atoms with Gasteiger partial charge in [-0.15, -0.1) is 0 Å². The summed E-state index contributed by atoms with van der Waals surface area (Å²) >= 11 is 0. The molecule has 4 rings (SSSR count). The fourth-order valence-electron chi connectivity index (χ4n) is 3.92. The van der Waals surface area contributed by atoms with Crippen LogP contribution in [0.15, 0.2) is 48.5 Å². The highest BCUT2D eigenvalue weighted by atomic mass is 16.2. The van der Waals surface area contributed by atoms with E-state index in [4.69, 9.17) is 4.98 Å². The molecular formula is C23H26N4O2. The summed E-state index contributed by atoms with van der Waals surface area (Å²) in [4.78, 5) is 28.8. The highest BCUT2D eigenvalue weighted by Crippen LogP contribution is 2.26. The molecule has 0 bridgehead atoms. The number of carbonyl (C=O) groups excluding carboxylic acids is 2. The Morgan fingerprint density at radius 2 is 2.10 bits per heavy atom. The van der Waals surface area contributed by atoms with E-state index in [0.717, 1.165) is 47.4 Å². The average Bonchev–Trinajstić information content (AvgIpc) is 3.30. The van der Waals surface area contributed by atoms with E-state index >= 15 is 0 Å². The monoisotopic (exact) mass is 390 g/mol. The van der Waals surface area contributed by atoms with E-state index < -0.39 is 0 Å². The molecule has 6 nitrogen and oxygen atoms in total. The van der Waals surface area contributed by atoms with Crippen molar-refractivity contribution in [1.29, 1.82) is 0 Å². The third-order valence-electron chi connectivity index (χ3n) is 5.34. The van der Waals surface area contributed by atoms with Gasteiger partial charge in [-0.05, 0) is 42.7 Å². The zero-order valence-corrected chi connectivity index (χ0v) is 16.6. The molecule has 0 saturated carbocycles. The molecule has 0 aliphatic carbocycles. The molecule has 1 atom stereocenters. The van der Waals surface area contributed by atoms with Crippen LogP contribution in [0.3, 0.4) is 0 Å². The first-order valence-electron chi connectivity index (χ1n) is 10.3. The number of carbonyl (C=O) groups is 2. The molecule has 29 heavy (non-hydrogen) atoms. The summed E-state index contributed by atoms with van der Waals surface area (Å²) in [5, 5.41) is 5.96. The maximum atomic E-state index is 12.6. The second-order valence-electron chi connectivity index (χ2n) is 7.50. The molecule has 1 unspecified atom stereocenters. The number of para-hydroxylation sites is 2. The van der Waals surface area contributed by atoms with Crippen molar-refractivity contribution < 1.29 is 9.59 Å². The molecule has 0 spiro atoms. The number of nitrogens with one attached hydrogen (secondary N) is 2. The molecule has 2 aromatic carbocycles. The normalized spacial score (nSPS) is 16.2. The van der Waals surface area contributed by atoms with Crippen LogP contribution >= 0.6 is 0 Å². The van der Waals surface area contributed by atoms with Gasteiger partial charge < -0.3 is 15.2 Å². The van der Waals surface area contributed by atoms with Gasteiger partial charge in [-0.2, -0.15) is 0 Å². The van der Waals surface area contributed by atoms with Gasteiger partial charge in [0.15, 0.2) is 0 Å². The van der Waals surface area contributed by atoms with E-state index in [9.17, 15) is 9.59 Å². The number of imidazole rings is 1. The highest BCUT2D eigenvalue weighted by Gasteiger charge is 2.22. The predicted octanol–water partition coefficient (Wildman–Crippen LogP) is 3.97. The van der Waals surface area contributed by atoms with Crippen molar-refractivity contribution >= 4 is 28.5 Å². The molecule has 1 fully saturated rings. The minimum absolute atomic E-state index is 0.0298. The zero-order valence-electron chi connectivity index (χ0n) is 16.6. The molecule has 3 aromatic rings. The number of rotatable bonds is 7. The summed E-state index contributed by atoms with van der Waals surface area (Å²) in [6.45, 7) is 2.73. The average molecular weight is 390 g/mol. The third-order valence-corrected chi connectivity index (χ3v) is 5.34. The number of amides is 2. The smallest absolute Gasteiger partial charge is 0.226 e. The van der Waals surface area contributed by atoms with Crippen molar-refractivity contribution in [2.75, 3.05) is 5.32 Å². The van der Waals surface area contributed by atoms with E-state index in [1.165, 1.54) is 0 Å². The molecule has 1 aliphatic heterocycles. The van der Waals surface area contributed by atoms with Crippen molar-refractivity contribution in [3.63, 3.8) is 0 Å². The van der Waals surface area contributed by atoms with Crippen molar-refractivity contribution in [3.8, 4) is 0 Å². The largest absolute Gasteiger partial charge is 0.349 e. The van der Waals surface area contributed by atoms with Crippen molar-refractivity contribution in [2.45, 2.75) is 51.6 Å². The molecule has 2 heterocycles. The fraction of sp³-hybridized carbons (Fsp3) is 0.348. The molecule has 2 N–H and O–H groups in total. The number of aromatic nitrogens is 2. The fourth-order valence-corrected chi connectivity index (χ4v) is 3.92. The lowest BCUT2D eigenvalue weighted by Crippen LogP contribution is -2.19. The van der Waals surface area contributed by atoms with Crippen LogP contribution in [0.4, 0.5) is 5.69 Å². The standard InChI is InChI=1S/C23H26N4O2/c1-2-6-21-25-19-9-3-4-10-20(19)27(21)14-13-23(29)24-17-8-5-7-16(15-17)18-11-12-22(28)26-18/h3-5,7-10,15,18H,2,6,11-14H2,1H3,(H,24,29)(H,26,28). The van der Waals surface area contributed by atoms with Gasteiger partial charge in [0, 0.05) is 31.5 Å². The van der Waals surface area contributed by atoms with Crippen LogP contribution in [0.25, 0.3) is 11.0 Å². The first kappa shape index (κ1) is 19.2. The van der Waals surface area contributed by atoms with Crippen LogP contribution in [0.1, 0.15) is 50.0 Å². The minimum atomic E-state index is -0.0298. The predicted molar refractivity (Wildman–Crippen MR) is 114 cm³/mol. The van der Waals surface area contributed by atoms with Gasteiger partial charge in [0.2, 0.25) is 11.8 Å². The third kappa shape index (κ3) is 4.31. The van der Waals surface area contributed by atoms with Gasteiger partial charge in [-0.25, -0.2) is 4.98 Å². The molecular weight excluding hydrogens is 364 g/mol. The number of fused-ring (bicyclic) bond motifs is 1. The van der Waals surface area contributed by atoms with Crippen molar-refractivity contribution in [1.82, 2.24) is 14.9 Å². The summed E-state index contributed by atoms with van der Waals surface area (Å²) in [6, 6.07) is 15.8. The Bertz CT molecular complexity index is 1040. The van der Waals surface area contributed by atoms with Gasteiger partial charge in [0.25, 0.3) is 0 Å². The molecule has 6 heteroatoms. The summed E-state index contributed by atoms with van der Waals surface area (Å²) in [6.07, 6.45) is 3.64. The van der Waals surface area contributed by atoms with Gasteiger partial charge in [0.1, 0.15) is 5.82 Å². The van der Waals surface area contributed by atoms with Crippen LogP contribution in [0.2, 0.25) is 0 Å². The number of aryl methyl sites for hydroxylation is 2. The Hall–Kier alpha value is -3.15. The first-order chi connectivity index (χ1) is 14.1. The number of hydrogen-bond acceptors (Lipinski definition) is 3. The quantitative estimate of drug-likeness (QED) is 0.641. The molecule has 0 radical (unpaired) electrons. The highest BCUT2D eigenvalue weighted by molar-refractivity contribution is 5.91. The molecule has 1 saturated heterocycles. The topological polar surface area (TPSA) is 76.0 Å². The number of anilines is 1. The van der Waals surface area contributed by atoms with Crippen molar-refractivity contribution in [2.24, 2.45) is 0 Å². The Kier molecular flexibility index (Phi) is 5.60. The van der Waals surface area contributed by atoms with Crippen LogP contribution in [-0.4, -0.2) is 21.4 Å². The van der Waals surface area contributed by atoms with Crippen LogP contribution in [0, 0.1) is 0 Å². The SMILES string of the molecule is CCCc1nc2ccccc2n1CCC(=O)Nc1cccc(C2CCC(=O)N2)c1. The lowest BCUT2D eigenvalue weighted by Gasteiger charge is -2.13. The van der Waals surface area contributed by atoms with E-state index in [0.29, 0.717) is 19.4 Å². The summed E-state index contributed by atoms with van der Waals surface area (Å²) < 4.78 is 2.16. The van der Waals surface area contributed by atoms with Gasteiger partial charge in [-0.3, -0.25) is 9.59 Å². The zero-order chi connectivity index (χ0) is 20.2. The summed E-state index contributed by atoms with van der Waals surface area (Å²) in [7, 11) is 0.